The minimum absolute atomic E-state index is 0.159. The number of amides is 2. The van der Waals surface area contributed by atoms with Gasteiger partial charge in [-0.3, -0.25) is 19.8 Å². The van der Waals surface area contributed by atoms with Gasteiger partial charge in [0.2, 0.25) is 11.8 Å². The van der Waals surface area contributed by atoms with E-state index in [1.54, 1.807) is 0 Å². The van der Waals surface area contributed by atoms with Crippen LogP contribution >= 0.6 is 0 Å². The lowest BCUT2D eigenvalue weighted by Crippen LogP contribution is -2.54. The van der Waals surface area contributed by atoms with Crippen molar-refractivity contribution < 1.29 is 14.3 Å². The van der Waals surface area contributed by atoms with Gasteiger partial charge in [-0.2, -0.15) is 0 Å². The molecule has 5 aliphatic rings. The summed E-state index contributed by atoms with van der Waals surface area (Å²) in [4.78, 5) is 29.2. The van der Waals surface area contributed by atoms with Gasteiger partial charge in [-0.15, -0.1) is 0 Å². The van der Waals surface area contributed by atoms with Crippen LogP contribution in [0.25, 0.3) is 0 Å². The molecule has 0 aromatic heterocycles. The normalized spacial score (nSPS) is 32.4. The first-order valence-corrected chi connectivity index (χ1v) is 14.3. The number of benzene rings is 1. The molecule has 0 radical (unpaired) electrons. The largest absolute Gasteiger partial charge is 0.489 e. The van der Waals surface area contributed by atoms with Crippen LogP contribution in [0.15, 0.2) is 18.2 Å². The van der Waals surface area contributed by atoms with Crippen LogP contribution in [-0.4, -0.2) is 55.0 Å². The number of hydrogen-bond donors (Lipinski definition) is 1. The predicted octanol–water partition coefficient (Wildman–Crippen LogP) is 4.62. The number of ether oxygens (including phenoxy) is 1. The van der Waals surface area contributed by atoms with Crippen LogP contribution in [0.3, 0.4) is 0 Å². The molecule has 6 heteroatoms. The van der Waals surface area contributed by atoms with E-state index in [2.05, 4.69) is 33.3 Å². The van der Waals surface area contributed by atoms with Crippen molar-refractivity contribution in [2.75, 3.05) is 31.1 Å². The summed E-state index contributed by atoms with van der Waals surface area (Å²) in [5.41, 5.74) is 2.33. The van der Waals surface area contributed by atoms with Crippen molar-refractivity contribution in [1.29, 1.82) is 0 Å². The Balaban J connectivity index is 1.13. The molecule has 2 saturated carbocycles. The Labute approximate surface area is 209 Å². The van der Waals surface area contributed by atoms with Crippen molar-refractivity contribution in [1.82, 2.24) is 10.2 Å². The number of piperidine rings is 2. The molecule has 2 aliphatic carbocycles. The SMILES string of the molecule is O=C1CCC(N2CCOc3c(C4CCCN(C5CCC(CC6CCC6)CC5)C4)cccc32)C(=O)N1. The molecule has 3 aliphatic heterocycles. The highest BCUT2D eigenvalue weighted by Gasteiger charge is 2.37. The molecule has 2 amide bonds. The van der Waals surface area contributed by atoms with Crippen molar-refractivity contribution >= 4 is 17.5 Å². The van der Waals surface area contributed by atoms with E-state index in [9.17, 15) is 9.59 Å². The molecule has 0 bridgehead atoms. The minimum atomic E-state index is -0.288. The third kappa shape index (κ3) is 4.83. The molecule has 190 valence electrons. The first-order chi connectivity index (χ1) is 17.2. The molecule has 2 saturated heterocycles. The molecule has 1 aromatic carbocycles. The molecule has 6 rings (SSSR count). The van der Waals surface area contributed by atoms with Crippen LogP contribution in [0.1, 0.15) is 88.5 Å². The third-order valence-corrected chi connectivity index (χ3v) is 9.62. The first-order valence-electron chi connectivity index (χ1n) is 14.3. The predicted molar refractivity (Wildman–Crippen MR) is 137 cm³/mol. The van der Waals surface area contributed by atoms with Gasteiger partial charge < -0.3 is 9.64 Å². The van der Waals surface area contributed by atoms with Crippen molar-refractivity contribution in [2.24, 2.45) is 11.8 Å². The molecule has 6 nitrogen and oxygen atoms in total. The van der Waals surface area contributed by atoms with Gasteiger partial charge >= 0.3 is 0 Å². The van der Waals surface area contributed by atoms with Crippen molar-refractivity contribution in [3.63, 3.8) is 0 Å². The van der Waals surface area contributed by atoms with Gasteiger partial charge in [-0.25, -0.2) is 0 Å². The Morgan fingerprint density at radius 2 is 1.74 bits per heavy atom. The average molecular weight is 480 g/mol. The van der Waals surface area contributed by atoms with Gasteiger partial charge in [-0.05, 0) is 75.8 Å². The van der Waals surface area contributed by atoms with Gasteiger partial charge in [-0.1, -0.05) is 31.4 Å². The lowest BCUT2D eigenvalue weighted by atomic mass is 9.73. The zero-order chi connectivity index (χ0) is 23.8. The fourth-order valence-electron chi connectivity index (χ4n) is 7.45. The van der Waals surface area contributed by atoms with Gasteiger partial charge in [0.25, 0.3) is 0 Å². The summed E-state index contributed by atoms with van der Waals surface area (Å²) < 4.78 is 6.27. The van der Waals surface area contributed by atoms with Gasteiger partial charge in [0, 0.05) is 30.5 Å². The molecule has 2 unspecified atom stereocenters. The van der Waals surface area contributed by atoms with Gasteiger partial charge in [0.1, 0.15) is 18.4 Å². The maximum Gasteiger partial charge on any atom is 0.249 e. The molecular formula is C29H41N3O3. The average Bonchev–Trinajstić information content (AvgIpc) is 2.86. The number of nitrogens with zero attached hydrogens (tertiary/aromatic N) is 2. The van der Waals surface area contributed by atoms with E-state index in [4.69, 9.17) is 4.74 Å². The maximum absolute atomic E-state index is 12.6. The zero-order valence-electron chi connectivity index (χ0n) is 21.1. The third-order valence-electron chi connectivity index (χ3n) is 9.62. The fraction of sp³-hybridized carbons (Fsp3) is 0.724. The number of rotatable bonds is 5. The van der Waals surface area contributed by atoms with Crippen LogP contribution in [0.4, 0.5) is 5.69 Å². The summed E-state index contributed by atoms with van der Waals surface area (Å²) in [6, 6.07) is 6.92. The smallest absolute Gasteiger partial charge is 0.249 e. The second-order valence-corrected chi connectivity index (χ2v) is 11.7. The Morgan fingerprint density at radius 3 is 2.51 bits per heavy atom. The van der Waals surface area contributed by atoms with E-state index in [1.807, 2.05) is 0 Å². The first kappa shape index (κ1) is 23.3. The zero-order valence-corrected chi connectivity index (χ0v) is 21.1. The number of anilines is 1. The number of carbonyl (C=O) groups excluding carboxylic acids is 2. The number of hydrogen-bond acceptors (Lipinski definition) is 5. The second kappa shape index (κ2) is 10.1. The van der Waals surface area contributed by atoms with Crippen molar-refractivity contribution in [3.8, 4) is 5.75 Å². The van der Waals surface area contributed by atoms with Crippen molar-refractivity contribution in [3.05, 3.63) is 23.8 Å². The molecule has 1 aromatic rings. The maximum atomic E-state index is 12.6. The summed E-state index contributed by atoms with van der Waals surface area (Å²) in [6.45, 7) is 3.62. The summed E-state index contributed by atoms with van der Waals surface area (Å²) >= 11 is 0. The quantitative estimate of drug-likeness (QED) is 0.625. The standard InChI is InChI=1S/C29H41N3O3/c33-27-14-13-26(29(34)30-27)32-16-17-35-28-24(7-2-8-25(28)32)22-6-3-15-31(19-22)23-11-9-21(10-12-23)18-20-4-1-5-20/h2,7-8,20-23,26H,1,3-6,9-19H2,(H,30,33,34). The van der Waals surface area contributed by atoms with Crippen molar-refractivity contribution in [2.45, 2.75) is 95.1 Å². The molecule has 4 fully saturated rings. The molecular weight excluding hydrogens is 438 g/mol. The molecule has 2 atom stereocenters. The van der Waals surface area contributed by atoms with Gasteiger partial charge in [0.15, 0.2) is 0 Å². The monoisotopic (exact) mass is 479 g/mol. The number of fused-ring (bicyclic) bond motifs is 1. The van der Waals surface area contributed by atoms with E-state index in [1.165, 1.54) is 76.3 Å². The Kier molecular flexibility index (Phi) is 6.74. The summed E-state index contributed by atoms with van der Waals surface area (Å²) in [5, 5.41) is 2.53. The highest BCUT2D eigenvalue weighted by atomic mass is 16.5. The Bertz CT molecular complexity index is 937. The van der Waals surface area contributed by atoms with Crippen LogP contribution in [0.2, 0.25) is 0 Å². The number of likely N-dealkylation sites (tertiary alicyclic amines) is 1. The number of para-hydroxylation sites is 1. The summed E-state index contributed by atoms with van der Waals surface area (Å²) in [6.07, 6.45) is 14.9. The highest BCUT2D eigenvalue weighted by Crippen LogP contribution is 2.44. The number of nitrogens with one attached hydrogen (secondary N) is 1. The minimum Gasteiger partial charge on any atom is -0.489 e. The molecule has 3 heterocycles. The lowest BCUT2D eigenvalue weighted by Gasteiger charge is -2.43. The highest BCUT2D eigenvalue weighted by molar-refractivity contribution is 6.02. The van der Waals surface area contributed by atoms with E-state index in [0.29, 0.717) is 31.9 Å². The van der Waals surface area contributed by atoms with E-state index in [0.717, 1.165) is 35.9 Å². The molecule has 0 spiro atoms. The topological polar surface area (TPSA) is 61.9 Å². The number of carbonyl (C=O) groups is 2. The summed E-state index contributed by atoms with van der Waals surface area (Å²) in [7, 11) is 0. The van der Waals surface area contributed by atoms with Crippen LogP contribution in [0, 0.1) is 11.8 Å². The van der Waals surface area contributed by atoms with Crippen LogP contribution < -0.4 is 15.0 Å². The van der Waals surface area contributed by atoms with Crippen LogP contribution in [0.5, 0.6) is 5.75 Å². The number of imide groups is 1. The van der Waals surface area contributed by atoms with E-state index < -0.39 is 0 Å². The Hall–Kier alpha value is -2.08. The van der Waals surface area contributed by atoms with E-state index >= 15 is 0 Å². The Morgan fingerprint density at radius 1 is 0.914 bits per heavy atom. The fourth-order valence-corrected chi connectivity index (χ4v) is 7.45. The lowest BCUT2D eigenvalue weighted by molar-refractivity contribution is -0.134. The molecule has 1 N–H and O–H groups in total. The molecule has 35 heavy (non-hydrogen) atoms. The van der Waals surface area contributed by atoms with Crippen LogP contribution in [-0.2, 0) is 9.59 Å². The van der Waals surface area contributed by atoms with E-state index in [-0.39, 0.29) is 17.9 Å². The van der Waals surface area contributed by atoms with Gasteiger partial charge in [0.05, 0.1) is 12.2 Å². The second-order valence-electron chi connectivity index (χ2n) is 11.7. The summed E-state index contributed by atoms with van der Waals surface area (Å²) in [5.74, 6) is 3.14.